The third-order valence-electron chi connectivity index (χ3n) is 5.63. The first-order valence-corrected chi connectivity index (χ1v) is 12.0. The number of likely N-dealkylation sites (N-methyl/N-ethyl adjacent to an activating group) is 1. The molecule has 33 heavy (non-hydrogen) atoms. The van der Waals surface area contributed by atoms with E-state index in [0.29, 0.717) is 65.6 Å². The summed E-state index contributed by atoms with van der Waals surface area (Å²) in [6, 6.07) is 3.69. The molecule has 11 heteroatoms. The summed E-state index contributed by atoms with van der Waals surface area (Å²) in [6.45, 7) is 8.20. The summed E-state index contributed by atoms with van der Waals surface area (Å²) in [5.41, 5.74) is 1.50. The lowest BCUT2D eigenvalue weighted by atomic mass is 10.2. The number of rotatable bonds is 4. The van der Waals surface area contributed by atoms with E-state index in [0.717, 1.165) is 5.56 Å². The van der Waals surface area contributed by atoms with E-state index < -0.39 is 0 Å². The SMILES string of the molecule is CCOC(=O)N1CCN(c2nc3c(C)cccn3c(=O)c2C=C2SC(=S)N(CC)C2=O)CC1. The number of anilines is 1. The minimum Gasteiger partial charge on any atom is -0.450 e. The fraction of sp³-hybridized carbons (Fsp3) is 0.409. The molecule has 2 aromatic heterocycles. The Kier molecular flexibility index (Phi) is 6.71. The first-order chi connectivity index (χ1) is 15.8. The van der Waals surface area contributed by atoms with Gasteiger partial charge in [0.1, 0.15) is 15.8 Å². The molecule has 0 radical (unpaired) electrons. The minimum atomic E-state index is -0.344. The highest BCUT2D eigenvalue weighted by molar-refractivity contribution is 8.26. The summed E-state index contributed by atoms with van der Waals surface area (Å²) < 4.78 is 7.08. The smallest absolute Gasteiger partial charge is 0.409 e. The molecule has 4 rings (SSSR count). The molecule has 0 atom stereocenters. The average molecular weight is 488 g/mol. The normalized spacial score (nSPS) is 18.0. The number of hydrogen-bond acceptors (Lipinski definition) is 8. The molecule has 2 amide bonds. The van der Waals surface area contributed by atoms with Crippen LogP contribution < -0.4 is 10.5 Å². The molecule has 0 unspecified atom stereocenters. The van der Waals surface area contributed by atoms with Gasteiger partial charge in [0.2, 0.25) is 0 Å². The maximum Gasteiger partial charge on any atom is 0.409 e. The Bertz CT molecular complexity index is 1220. The van der Waals surface area contributed by atoms with Gasteiger partial charge in [-0.1, -0.05) is 30.0 Å². The summed E-state index contributed by atoms with van der Waals surface area (Å²) in [5.74, 6) is 0.291. The topological polar surface area (TPSA) is 87.5 Å². The van der Waals surface area contributed by atoms with Crippen molar-refractivity contribution in [3.05, 3.63) is 44.7 Å². The number of aryl methyl sites for hydroxylation is 1. The monoisotopic (exact) mass is 487 g/mol. The highest BCUT2D eigenvalue weighted by atomic mass is 32.2. The predicted octanol–water partition coefficient (Wildman–Crippen LogP) is 2.50. The van der Waals surface area contributed by atoms with E-state index in [2.05, 4.69) is 0 Å². The number of pyridine rings is 1. The fourth-order valence-corrected chi connectivity index (χ4v) is 5.25. The molecule has 0 spiro atoms. The first kappa shape index (κ1) is 23.2. The van der Waals surface area contributed by atoms with Crippen LogP contribution >= 0.6 is 24.0 Å². The Morgan fingerprint density at radius 3 is 2.61 bits per heavy atom. The Labute approximate surface area is 201 Å². The van der Waals surface area contributed by atoms with E-state index in [-0.39, 0.29) is 17.6 Å². The quantitative estimate of drug-likeness (QED) is 0.480. The van der Waals surface area contributed by atoms with E-state index in [1.165, 1.54) is 21.1 Å². The molecule has 2 aliphatic heterocycles. The Morgan fingerprint density at radius 2 is 1.97 bits per heavy atom. The zero-order chi connectivity index (χ0) is 23.7. The molecule has 2 aromatic rings. The van der Waals surface area contributed by atoms with Crippen LogP contribution in [0.25, 0.3) is 11.7 Å². The highest BCUT2D eigenvalue weighted by Crippen LogP contribution is 2.33. The number of carbonyl (C=O) groups excluding carboxylic acids is 2. The van der Waals surface area contributed by atoms with Crippen LogP contribution in [0.3, 0.4) is 0 Å². The minimum absolute atomic E-state index is 0.209. The van der Waals surface area contributed by atoms with Crippen LogP contribution in [0.5, 0.6) is 0 Å². The van der Waals surface area contributed by atoms with Crippen molar-refractivity contribution in [3.63, 3.8) is 0 Å². The van der Waals surface area contributed by atoms with Crippen molar-refractivity contribution in [2.75, 3.05) is 44.2 Å². The number of piperazine rings is 1. The lowest BCUT2D eigenvalue weighted by Crippen LogP contribution is -2.49. The third-order valence-corrected chi connectivity index (χ3v) is 7.01. The van der Waals surface area contributed by atoms with Gasteiger partial charge in [-0.25, -0.2) is 9.78 Å². The Morgan fingerprint density at radius 1 is 1.24 bits per heavy atom. The van der Waals surface area contributed by atoms with Crippen molar-refractivity contribution in [2.45, 2.75) is 20.8 Å². The molecule has 4 heterocycles. The molecular weight excluding hydrogens is 462 g/mol. The van der Waals surface area contributed by atoms with Crippen molar-refractivity contribution in [3.8, 4) is 0 Å². The number of thiocarbonyl (C=S) groups is 1. The molecule has 0 N–H and O–H groups in total. The maximum absolute atomic E-state index is 13.5. The molecule has 2 saturated heterocycles. The molecule has 0 saturated carbocycles. The largest absolute Gasteiger partial charge is 0.450 e. The van der Waals surface area contributed by atoms with E-state index in [1.807, 2.05) is 24.8 Å². The van der Waals surface area contributed by atoms with Gasteiger partial charge in [0, 0.05) is 38.9 Å². The zero-order valence-corrected chi connectivity index (χ0v) is 20.4. The number of hydrogen-bond donors (Lipinski definition) is 0. The summed E-state index contributed by atoms with van der Waals surface area (Å²) in [7, 11) is 0. The van der Waals surface area contributed by atoms with Crippen molar-refractivity contribution in [2.24, 2.45) is 0 Å². The van der Waals surface area contributed by atoms with E-state index in [9.17, 15) is 14.4 Å². The van der Waals surface area contributed by atoms with Gasteiger partial charge in [-0.05, 0) is 38.5 Å². The number of amides is 2. The van der Waals surface area contributed by atoms with Crippen molar-refractivity contribution < 1.29 is 14.3 Å². The third kappa shape index (κ3) is 4.34. The zero-order valence-electron chi connectivity index (χ0n) is 18.7. The molecule has 9 nitrogen and oxygen atoms in total. The van der Waals surface area contributed by atoms with Gasteiger partial charge in [-0.15, -0.1) is 0 Å². The number of nitrogens with zero attached hydrogens (tertiary/aromatic N) is 5. The van der Waals surface area contributed by atoms with Gasteiger partial charge < -0.3 is 14.5 Å². The predicted molar refractivity (Wildman–Crippen MR) is 133 cm³/mol. The Balaban J connectivity index is 1.78. The van der Waals surface area contributed by atoms with Crippen LogP contribution in [0.4, 0.5) is 10.6 Å². The van der Waals surface area contributed by atoms with Crippen LogP contribution in [0.15, 0.2) is 28.0 Å². The second-order valence-corrected chi connectivity index (χ2v) is 9.31. The molecule has 0 aromatic carbocycles. The van der Waals surface area contributed by atoms with Gasteiger partial charge in [0.25, 0.3) is 11.5 Å². The van der Waals surface area contributed by atoms with Gasteiger partial charge in [0.05, 0.1) is 17.1 Å². The molecule has 2 fully saturated rings. The fourth-order valence-electron chi connectivity index (χ4n) is 3.89. The number of thioether (sulfide) groups is 1. The van der Waals surface area contributed by atoms with Crippen LogP contribution in [-0.2, 0) is 9.53 Å². The molecule has 0 aliphatic carbocycles. The van der Waals surface area contributed by atoms with Crippen molar-refractivity contribution in [1.29, 1.82) is 0 Å². The maximum atomic E-state index is 13.5. The Hall–Kier alpha value is -2.92. The van der Waals surface area contributed by atoms with Crippen LogP contribution in [0.1, 0.15) is 25.0 Å². The van der Waals surface area contributed by atoms with Crippen LogP contribution in [0, 0.1) is 6.92 Å². The number of ether oxygens (including phenoxy) is 1. The first-order valence-electron chi connectivity index (χ1n) is 10.8. The summed E-state index contributed by atoms with van der Waals surface area (Å²) in [4.78, 5) is 48.8. The van der Waals surface area contributed by atoms with Crippen LogP contribution in [0.2, 0.25) is 0 Å². The van der Waals surface area contributed by atoms with Gasteiger partial charge in [-0.2, -0.15) is 0 Å². The molecule has 174 valence electrons. The summed E-state index contributed by atoms with van der Waals surface area (Å²) >= 11 is 6.51. The second kappa shape index (κ2) is 9.52. The molecule has 0 bridgehead atoms. The standard InChI is InChI=1S/C22H25N5O4S2/c1-4-26-20(29)16(33-22(26)32)13-15-18(23-17-14(3)7-6-8-27(17)19(15)28)24-9-11-25(12-10-24)21(30)31-5-2/h6-8,13H,4-5,9-12H2,1-3H3. The van der Waals surface area contributed by atoms with Gasteiger partial charge in [-0.3, -0.25) is 18.9 Å². The van der Waals surface area contributed by atoms with Crippen LogP contribution in [-0.4, -0.2) is 74.8 Å². The van der Waals surface area contributed by atoms with E-state index >= 15 is 0 Å². The lowest BCUT2D eigenvalue weighted by molar-refractivity contribution is -0.121. The highest BCUT2D eigenvalue weighted by Gasteiger charge is 2.32. The van der Waals surface area contributed by atoms with E-state index in [4.69, 9.17) is 21.9 Å². The van der Waals surface area contributed by atoms with E-state index in [1.54, 1.807) is 30.2 Å². The average Bonchev–Trinajstić information content (AvgIpc) is 3.08. The lowest BCUT2D eigenvalue weighted by Gasteiger charge is -2.35. The number of aromatic nitrogens is 2. The van der Waals surface area contributed by atoms with Crippen molar-refractivity contribution in [1.82, 2.24) is 19.2 Å². The summed E-state index contributed by atoms with van der Waals surface area (Å²) in [6.07, 6.45) is 2.93. The van der Waals surface area contributed by atoms with Gasteiger partial charge in [0.15, 0.2) is 0 Å². The molecule has 2 aliphatic rings. The summed E-state index contributed by atoms with van der Waals surface area (Å²) in [5, 5.41) is 0. The van der Waals surface area contributed by atoms with Gasteiger partial charge >= 0.3 is 6.09 Å². The second-order valence-electron chi connectivity index (χ2n) is 7.64. The molecular formula is C22H25N5O4S2. The number of fused-ring (bicyclic) bond motifs is 1. The number of carbonyl (C=O) groups is 2. The van der Waals surface area contributed by atoms with Crippen molar-refractivity contribution >= 4 is 57.8 Å².